The van der Waals surface area contributed by atoms with Crippen LogP contribution >= 0.6 is 0 Å². The highest BCUT2D eigenvalue weighted by Crippen LogP contribution is 2.26. The lowest BCUT2D eigenvalue weighted by molar-refractivity contribution is 0.473. The summed E-state index contributed by atoms with van der Waals surface area (Å²) in [6.07, 6.45) is 5.20. The second kappa shape index (κ2) is 6.63. The van der Waals surface area contributed by atoms with Gasteiger partial charge in [0.2, 0.25) is 0 Å². The van der Waals surface area contributed by atoms with Gasteiger partial charge < -0.3 is 14.6 Å². The molecule has 0 spiro atoms. The van der Waals surface area contributed by atoms with Crippen molar-refractivity contribution >= 4 is 16.9 Å². The molecule has 3 aromatic rings. The van der Waals surface area contributed by atoms with Crippen molar-refractivity contribution in [2.75, 3.05) is 20.1 Å². The topological polar surface area (TPSA) is 58.6 Å². The third-order valence-corrected chi connectivity index (χ3v) is 4.79. The van der Waals surface area contributed by atoms with Crippen molar-refractivity contribution in [3.63, 3.8) is 0 Å². The van der Waals surface area contributed by atoms with Crippen LogP contribution in [-0.4, -0.2) is 40.8 Å². The first-order valence-corrected chi connectivity index (χ1v) is 8.64. The quantitative estimate of drug-likeness (QED) is 0.590. The lowest BCUT2D eigenvalue weighted by atomic mass is 10.0. The van der Waals surface area contributed by atoms with E-state index in [4.69, 9.17) is 4.42 Å². The average Bonchev–Trinajstić information content (AvgIpc) is 3.34. The zero-order chi connectivity index (χ0) is 17.2. The van der Waals surface area contributed by atoms with E-state index in [1.807, 2.05) is 43.2 Å². The minimum Gasteiger partial charge on any atom is -0.459 e. The van der Waals surface area contributed by atoms with Gasteiger partial charge in [0.1, 0.15) is 11.3 Å². The Labute approximate surface area is 147 Å². The van der Waals surface area contributed by atoms with Crippen molar-refractivity contribution in [2.24, 2.45) is 12.0 Å². The number of likely N-dealkylation sites (tertiary alicyclic amines) is 1. The summed E-state index contributed by atoms with van der Waals surface area (Å²) in [6.45, 7) is 2.60. The van der Waals surface area contributed by atoms with Gasteiger partial charge in [-0.3, -0.25) is 9.67 Å². The predicted octanol–water partition coefficient (Wildman–Crippen LogP) is 2.73. The molecule has 0 aliphatic carbocycles. The van der Waals surface area contributed by atoms with Gasteiger partial charge >= 0.3 is 0 Å². The van der Waals surface area contributed by atoms with Crippen LogP contribution in [0.5, 0.6) is 0 Å². The number of guanidine groups is 1. The third-order valence-electron chi connectivity index (χ3n) is 4.79. The van der Waals surface area contributed by atoms with Crippen molar-refractivity contribution < 1.29 is 4.42 Å². The molecule has 3 heterocycles. The minimum absolute atomic E-state index is 0.512. The Kier molecular flexibility index (Phi) is 4.17. The van der Waals surface area contributed by atoms with Crippen molar-refractivity contribution in [1.82, 2.24) is 20.0 Å². The van der Waals surface area contributed by atoms with Crippen LogP contribution in [0.25, 0.3) is 11.0 Å². The summed E-state index contributed by atoms with van der Waals surface area (Å²) in [5, 5.41) is 8.85. The van der Waals surface area contributed by atoms with Gasteiger partial charge in [-0.1, -0.05) is 18.2 Å². The number of hydrogen-bond acceptors (Lipinski definition) is 3. The Balaban J connectivity index is 1.39. The van der Waals surface area contributed by atoms with Crippen LogP contribution in [0.15, 0.2) is 52.1 Å². The van der Waals surface area contributed by atoms with E-state index >= 15 is 0 Å². The number of nitrogens with one attached hydrogen (secondary N) is 1. The summed E-state index contributed by atoms with van der Waals surface area (Å²) in [6, 6.07) is 10.2. The van der Waals surface area contributed by atoms with Crippen LogP contribution in [0.4, 0.5) is 0 Å². The molecule has 0 radical (unpaired) electrons. The summed E-state index contributed by atoms with van der Waals surface area (Å²) in [5.74, 6) is 2.36. The number of aliphatic imine (C=N–C) groups is 1. The molecule has 130 valence electrons. The third kappa shape index (κ3) is 3.24. The zero-order valence-corrected chi connectivity index (χ0v) is 14.6. The van der Waals surface area contributed by atoms with Gasteiger partial charge in [-0.25, -0.2) is 0 Å². The van der Waals surface area contributed by atoms with Gasteiger partial charge in [-0.15, -0.1) is 0 Å². The molecule has 1 atom stereocenters. The largest absolute Gasteiger partial charge is 0.459 e. The normalized spacial score (nSPS) is 18.2. The van der Waals surface area contributed by atoms with Crippen LogP contribution in [0, 0.1) is 0 Å². The number of nitrogens with zero attached hydrogens (tertiary/aromatic N) is 4. The first kappa shape index (κ1) is 15.7. The molecule has 0 saturated carbocycles. The molecule has 1 saturated heterocycles. The molecule has 1 N–H and O–H groups in total. The van der Waals surface area contributed by atoms with E-state index in [1.165, 1.54) is 5.56 Å². The van der Waals surface area contributed by atoms with Crippen LogP contribution in [0.1, 0.15) is 23.7 Å². The molecule has 1 aliphatic rings. The van der Waals surface area contributed by atoms with Gasteiger partial charge in [0.25, 0.3) is 0 Å². The number of aromatic nitrogens is 2. The fourth-order valence-electron chi connectivity index (χ4n) is 3.50. The molecule has 6 heteroatoms. The Morgan fingerprint density at radius 1 is 1.40 bits per heavy atom. The number of hydrogen-bond donors (Lipinski definition) is 1. The molecule has 1 unspecified atom stereocenters. The molecular weight excluding hydrogens is 314 g/mol. The smallest absolute Gasteiger partial charge is 0.194 e. The number of furan rings is 1. The predicted molar refractivity (Wildman–Crippen MR) is 98.6 cm³/mol. The number of para-hydroxylation sites is 1. The molecular formula is C19H23N5O. The SMILES string of the molecule is CN=C(NCc1cc2ccccc2o1)N1CCC(c2cnn(C)c2)C1. The summed E-state index contributed by atoms with van der Waals surface area (Å²) < 4.78 is 7.74. The summed E-state index contributed by atoms with van der Waals surface area (Å²) in [7, 11) is 3.79. The van der Waals surface area contributed by atoms with Crippen LogP contribution in [-0.2, 0) is 13.6 Å². The van der Waals surface area contributed by atoms with E-state index in [-0.39, 0.29) is 0 Å². The molecule has 0 amide bonds. The summed E-state index contributed by atoms with van der Waals surface area (Å²) in [4.78, 5) is 6.75. The molecule has 0 bridgehead atoms. The average molecular weight is 337 g/mol. The van der Waals surface area contributed by atoms with E-state index in [9.17, 15) is 0 Å². The van der Waals surface area contributed by atoms with Gasteiger partial charge in [-0.2, -0.15) is 5.10 Å². The van der Waals surface area contributed by atoms with Gasteiger partial charge in [-0.05, 0) is 24.1 Å². The second-order valence-electron chi connectivity index (χ2n) is 6.53. The molecule has 1 aromatic carbocycles. The fraction of sp³-hybridized carbons (Fsp3) is 0.368. The lowest BCUT2D eigenvalue weighted by Gasteiger charge is -2.21. The van der Waals surface area contributed by atoms with Crippen LogP contribution < -0.4 is 5.32 Å². The minimum atomic E-state index is 0.512. The fourth-order valence-corrected chi connectivity index (χ4v) is 3.50. The van der Waals surface area contributed by atoms with Crippen molar-refractivity contribution in [3.05, 3.63) is 54.0 Å². The maximum Gasteiger partial charge on any atom is 0.194 e. The van der Waals surface area contributed by atoms with E-state index < -0.39 is 0 Å². The monoisotopic (exact) mass is 337 g/mol. The van der Waals surface area contributed by atoms with Crippen molar-refractivity contribution in [2.45, 2.75) is 18.9 Å². The number of aryl methyl sites for hydroxylation is 1. The standard InChI is InChI=1S/C19H23N5O/c1-20-19(21-11-17-9-14-5-3-4-6-18(14)25-17)24-8-7-15(13-24)16-10-22-23(2)12-16/h3-6,9-10,12,15H,7-8,11,13H2,1-2H3,(H,20,21). The highest BCUT2D eigenvalue weighted by molar-refractivity contribution is 5.81. The Bertz CT molecular complexity index is 861. The number of benzene rings is 1. The Morgan fingerprint density at radius 2 is 2.28 bits per heavy atom. The van der Waals surface area contributed by atoms with E-state index in [0.717, 1.165) is 42.2 Å². The lowest BCUT2D eigenvalue weighted by Crippen LogP contribution is -2.39. The summed E-state index contributed by atoms with van der Waals surface area (Å²) in [5.41, 5.74) is 2.23. The highest BCUT2D eigenvalue weighted by atomic mass is 16.3. The van der Waals surface area contributed by atoms with Crippen LogP contribution in [0.3, 0.4) is 0 Å². The van der Waals surface area contributed by atoms with Crippen molar-refractivity contribution in [1.29, 1.82) is 0 Å². The molecule has 1 fully saturated rings. The Hall–Kier alpha value is -2.76. The van der Waals surface area contributed by atoms with Gasteiger partial charge in [0, 0.05) is 44.7 Å². The van der Waals surface area contributed by atoms with E-state index in [2.05, 4.69) is 38.6 Å². The van der Waals surface area contributed by atoms with E-state index in [1.54, 1.807) is 0 Å². The first-order chi connectivity index (χ1) is 12.2. The molecule has 4 rings (SSSR count). The first-order valence-electron chi connectivity index (χ1n) is 8.64. The zero-order valence-electron chi connectivity index (χ0n) is 14.6. The molecule has 25 heavy (non-hydrogen) atoms. The van der Waals surface area contributed by atoms with E-state index in [0.29, 0.717) is 12.5 Å². The van der Waals surface area contributed by atoms with Crippen molar-refractivity contribution in [3.8, 4) is 0 Å². The maximum atomic E-state index is 5.87. The van der Waals surface area contributed by atoms with Gasteiger partial charge in [0.15, 0.2) is 5.96 Å². The number of fused-ring (bicyclic) bond motifs is 1. The molecule has 2 aromatic heterocycles. The summed E-state index contributed by atoms with van der Waals surface area (Å²) >= 11 is 0. The number of rotatable bonds is 3. The molecule has 6 nitrogen and oxygen atoms in total. The molecule has 1 aliphatic heterocycles. The van der Waals surface area contributed by atoms with Crippen LogP contribution in [0.2, 0.25) is 0 Å². The highest BCUT2D eigenvalue weighted by Gasteiger charge is 2.26. The maximum absolute atomic E-state index is 5.87. The van der Waals surface area contributed by atoms with Gasteiger partial charge in [0.05, 0.1) is 12.7 Å². The second-order valence-corrected chi connectivity index (χ2v) is 6.53. The Morgan fingerprint density at radius 3 is 3.04 bits per heavy atom.